The summed E-state index contributed by atoms with van der Waals surface area (Å²) in [5.41, 5.74) is 14.5. The molecule has 0 unspecified atom stereocenters. The van der Waals surface area contributed by atoms with Crippen molar-refractivity contribution in [1.82, 2.24) is 5.32 Å². The van der Waals surface area contributed by atoms with E-state index in [0.29, 0.717) is 28.9 Å². The van der Waals surface area contributed by atoms with Gasteiger partial charge in [0.15, 0.2) is 0 Å². The highest BCUT2D eigenvalue weighted by Crippen LogP contribution is 2.17. The van der Waals surface area contributed by atoms with Gasteiger partial charge in [0.05, 0.1) is 0 Å². The van der Waals surface area contributed by atoms with Crippen molar-refractivity contribution in [2.45, 2.75) is 52.9 Å². The predicted octanol–water partition coefficient (Wildman–Crippen LogP) is 4.23. The van der Waals surface area contributed by atoms with Gasteiger partial charge in [-0.3, -0.25) is 9.59 Å². The number of anilines is 1. The van der Waals surface area contributed by atoms with Crippen molar-refractivity contribution in [3.8, 4) is 0 Å². The maximum atomic E-state index is 12.3. The van der Waals surface area contributed by atoms with Gasteiger partial charge in [-0.25, -0.2) is 0 Å². The Hall–Kier alpha value is -3.15. The first-order valence-corrected chi connectivity index (χ1v) is 9.83. The van der Waals surface area contributed by atoms with Crippen LogP contribution in [-0.4, -0.2) is 17.5 Å². The van der Waals surface area contributed by atoms with Gasteiger partial charge in [-0.15, -0.1) is 0 Å². The third-order valence-electron chi connectivity index (χ3n) is 4.35. The van der Waals surface area contributed by atoms with Crippen molar-refractivity contribution in [2.75, 3.05) is 5.73 Å². The zero-order chi connectivity index (χ0) is 21.8. The maximum Gasteiger partial charge on any atom is 0.248 e. The maximum absolute atomic E-state index is 12.3. The summed E-state index contributed by atoms with van der Waals surface area (Å²) in [5, 5.41) is 11.2. The van der Waals surface area contributed by atoms with Crippen LogP contribution in [0.3, 0.4) is 0 Å². The van der Waals surface area contributed by atoms with Crippen molar-refractivity contribution >= 4 is 23.2 Å². The molecule has 2 amide bonds. The molecule has 0 saturated carbocycles. The van der Waals surface area contributed by atoms with Crippen LogP contribution in [0.4, 0.5) is 5.69 Å². The summed E-state index contributed by atoms with van der Waals surface area (Å²) >= 11 is 0. The molecule has 1 rings (SSSR count). The minimum Gasteiger partial charge on any atom is -0.398 e. The van der Waals surface area contributed by atoms with Gasteiger partial charge in [0.1, 0.15) is 0 Å². The van der Waals surface area contributed by atoms with Crippen molar-refractivity contribution in [3.05, 3.63) is 64.9 Å². The van der Waals surface area contributed by atoms with Gasteiger partial charge < -0.3 is 22.2 Å². The number of hydrogen-bond donors (Lipinski definition) is 4. The number of nitrogen functional groups attached to an aromatic ring is 1. The lowest BCUT2D eigenvalue weighted by Gasteiger charge is -2.10. The Morgan fingerprint density at radius 1 is 1.21 bits per heavy atom. The second kappa shape index (κ2) is 12.3. The second-order valence-corrected chi connectivity index (χ2v) is 6.90. The van der Waals surface area contributed by atoms with Crippen LogP contribution in [-0.2, 0) is 4.79 Å². The van der Waals surface area contributed by atoms with E-state index in [9.17, 15) is 9.59 Å². The number of allylic oxidation sites excluding steroid dienone is 5. The van der Waals surface area contributed by atoms with Gasteiger partial charge in [-0.2, -0.15) is 0 Å². The van der Waals surface area contributed by atoms with Crippen LogP contribution in [0.2, 0.25) is 0 Å². The quantitative estimate of drug-likeness (QED) is 0.194. The SMILES string of the molecule is C/C=C\C(=C/CC(=N)c1cc(C(N)=O)ccc1N)NC(=O)CC/C(C)=C/CCC. The molecule has 0 heterocycles. The highest BCUT2D eigenvalue weighted by atomic mass is 16.1. The highest BCUT2D eigenvalue weighted by molar-refractivity contribution is 6.05. The van der Waals surface area contributed by atoms with E-state index in [1.165, 1.54) is 17.7 Å². The number of amides is 2. The fraction of sp³-hybridized carbons (Fsp3) is 0.348. The molecule has 6 heteroatoms. The Morgan fingerprint density at radius 2 is 1.93 bits per heavy atom. The van der Waals surface area contributed by atoms with E-state index in [2.05, 4.69) is 18.3 Å². The number of hydrogen-bond acceptors (Lipinski definition) is 4. The first-order valence-electron chi connectivity index (χ1n) is 9.83. The lowest BCUT2D eigenvalue weighted by atomic mass is 10.0. The zero-order valence-electron chi connectivity index (χ0n) is 17.5. The van der Waals surface area contributed by atoms with Gasteiger partial charge in [-0.05, 0) is 51.0 Å². The smallest absolute Gasteiger partial charge is 0.248 e. The van der Waals surface area contributed by atoms with Gasteiger partial charge >= 0.3 is 0 Å². The lowest BCUT2D eigenvalue weighted by molar-refractivity contribution is -0.120. The second-order valence-electron chi connectivity index (χ2n) is 6.90. The van der Waals surface area contributed by atoms with E-state index in [1.807, 2.05) is 19.9 Å². The number of nitrogens with one attached hydrogen (secondary N) is 2. The molecule has 0 aliphatic carbocycles. The Labute approximate surface area is 173 Å². The zero-order valence-corrected chi connectivity index (χ0v) is 17.5. The third kappa shape index (κ3) is 8.60. The van der Waals surface area contributed by atoms with Gasteiger partial charge in [0.25, 0.3) is 0 Å². The fourth-order valence-corrected chi connectivity index (χ4v) is 2.66. The van der Waals surface area contributed by atoms with Gasteiger partial charge in [0.2, 0.25) is 11.8 Å². The van der Waals surface area contributed by atoms with Crippen molar-refractivity contribution in [1.29, 1.82) is 5.41 Å². The molecule has 29 heavy (non-hydrogen) atoms. The first-order chi connectivity index (χ1) is 13.8. The Balaban J connectivity index is 2.79. The van der Waals surface area contributed by atoms with Crippen LogP contribution in [0.15, 0.2) is 53.8 Å². The van der Waals surface area contributed by atoms with Gasteiger partial charge in [-0.1, -0.05) is 37.1 Å². The van der Waals surface area contributed by atoms with Crippen LogP contribution < -0.4 is 16.8 Å². The Kier molecular flexibility index (Phi) is 10.2. The summed E-state index contributed by atoms with van der Waals surface area (Å²) in [6.45, 7) is 6.02. The molecular weight excluding hydrogens is 364 g/mol. The molecule has 1 aromatic rings. The molecule has 0 spiro atoms. The third-order valence-corrected chi connectivity index (χ3v) is 4.35. The monoisotopic (exact) mass is 396 g/mol. The lowest BCUT2D eigenvalue weighted by Crippen LogP contribution is -2.21. The Bertz CT molecular complexity index is 835. The molecule has 6 nitrogen and oxygen atoms in total. The molecule has 0 atom stereocenters. The van der Waals surface area contributed by atoms with Crippen LogP contribution in [0.1, 0.15) is 68.8 Å². The summed E-state index contributed by atoms with van der Waals surface area (Å²) < 4.78 is 0. The number of benzene rings is 1. The molecule has 6 N–H and O–H groups in total. The minimum absolute atomic E-state index is 0.0691. The molecule has 0 aliphatic rings. The largest absolute Gasteiger partial charge is 0.398 e. The number of nitrogens with two attached hydrogens (primary N) is 2. The summed E-state index contributed by atoms with van der Waals surface area (Å²) in [4.78, 5) is 23.6. The van der Waals surface area contributed by atoms with Gasteiger partial charge in [0, 0.05) is 41.1 Å². The molecule has 0 aromatic heterocycles. The molecule has 0 radical (unpaired) electrons. The van der Waals surface area contributed by atoms with Crippen molar-refractivity contribution in [2.24, 2.45) is 5.73 Å². The molecular formula is C23H32N4O2. The van der Waals surface area contributed by atoms with E-state index >= 15 is 0 Å². The predicted molar refractivity (Wildman–Crippen MR) is 120 cm³/mol. The minimum atomic E-state index is -0.570. The molecule has 156 valence electrons. The van der Waals surface area contributed by atoms with E-state index < -0.39 is 5.91 Å². The summed E-state index contributed by atoms with van der Waals surface area (Å²) in [7, 11) is 0. The van der Waals surface area contributed by atoms with Crippen LogP contribution in [0.25, 0.3) is 0 Å². The van der Waals surface area contributed by atoms with Crippen molar-refractivity contribution < 1.29 is 9.59 Å². The standard InChI is InChI=1S/C23H32N4O2/c1-4-6-8-16(3)9-14-22(28)27-18(7-5-2)11-13-21(25)19-15-17(23(26)29)10-12-20(19)24/h5,7-8,10-12,15,25H,4,6,9,13-14,24H2,1-3H3,(H2,26,29)(H,27,28)/b7-5-,16-8+,18-11+,25-21?. The summed E-state index contributed by atoms with van der Waals surface area (Å²) in [5.74, 6) is -0.639. The number of carbonyl (C=O) groups is 2. The van der Waals surface area contributed by atoms with Crippen LogP contribution >= 0.6 is 0 Å². The topological polar surface area (TPSA) is 122 Å². The molecule has 0 saturated heterocycles. The number of primary amides is 1. The number of unbranched alkanes of at least 4 members (excludes halogenated alkanes) is 1. The van der Waals surface area contributed by atoms with E-state index in [-0.39, 0.29) is 18.0 Å². The Morgan fingerprint density at radius 3 is 2.55 bits per heavy atom. The molecule has 0 bridgehead atoms. The van der Waals surface area contributed by atoms with E-state index in [4.69, 9.17) is 16.9 Å². The first kappa shape index (κ1) is 23.9. The molecule has 1 aromatic carbocycles. The fourth-order valence-electron chi connectivity index (χ4n) is 2.66. The van der Waals surface area contributed by atoms with Crippen LogP contribution in [0.5, 0.6) is 0 Å². The molecule has 0 fully saturated rings. The highest BCUT2D eigenvalue weighted by Gasteiger charge is 2.10. The average Bonchev–Trinajstić information content (AvgIpc) is 2.68. The number of rotatable bonds is 11. The van der Waals surface area contributed by atoms with Crippen molar-refractivity contribution in [3.63, 3.8) is 0 Å². The van der Waals surface area contributed by atoms with Crippen LogP contribution in [0, 0.1) is 5.41 Å². The van der Waals surface area contributed by atoms with E-state index in [0.717, 1.165) is 19.3 Å². The summed E-state index contributed by atoms with van der Waals surface area (Å²) in [6.07, 6.45) is 11.0. The normalized spacial score (nSPS) is 12.2. The molecule has 0 aliphatic heterocycles. The number of carbonyl (C=O) groups excluding carboxylic acids is 2. The van der Waals surface area contributed by atoms with E-state index in [1.54, 1.807) is 18.2 Å². The average molecular weight is 397 g/mol. The summed E-state index contributed by atoms with van der Waals surface area (Å²) in [6, 6.07) is 4.62.